The topological polar surface area (TPSA) is 100 Å². The number of aliphatic hydroxyl groups is 1. The number of alkyl halides is 3. The van der Waals surface area contributed by atoms with Gasteiger partial charge < -0.3 is 10.0 Å². The summed E-state index contributed by atoms with van der Waals surface area (Å²) in [4.78, 5) is 22.3. The normalized spacial score (nSPS) is 15.8. The molecule has 39 heavy (non-hydrogen) atoms. The number of fused-ring (bicyclic) bond motifs is 1. The van der Waals surface area contributed by atoms with E-state index in [1.165, 1.54) is 41.4 Å². The first-order valence-corrected chi connectivity index (χ1v) is 13.8. The quantitative estimate of drug-likeness (QED) is 0.382. The minimum Gasteiger partial charge on any atom is -0.385 e. The number of carbonyl (C=O) groups is 1. The van der Waals surface area contributed by atoms with Crippen LogP contribution in [0.2, 0.25) is 0 Å². The Kier molecular flexibility index (Phi) is 6.90. The summed E-state index contributed by atoms with van der Waals surface area (Å²) in [7, 11) is -3.72. The third-order valence-corrected chi connectivity index (χ3v) is 8.66. The molecule has 5 rings (SSSR count). The lowest BCUT2D eigenvalue weighted by atomic mass is 9.83. The molecule has 2 aromatic heterocycles. The van der Waals surface area contributed by atoms with Crippen LogP contribution in [0.4, 0.5) is 13.2 Å². The van der Waals surface area contributed by atoms with Gasteiger partial charge in [-0.3, -0.25) is 14.8 Å². The number of halogens is 3. The minimum absolute atomic E-state index is 0.0474. The van der Waals surface area contributed by atoms with Gasteiger partial charge in [0, 0.05) is 42.0 Å². The fraction of sp³-hybridized carbons (Fsp3) is 0.250. The molecule has 2 aromatic carbocycles. The summed E-state index contributed by atoms with van der Waals surface area (Å²) in [6.45, 7) is 0.0947. The van der Waals surface area contributed by atoms with E-state index < -0.39 is 27.3 Å². The van der Waals surface area contributed by atoms with Crippen LogP contribution in [0.3, 0.4) is 0 Å². The molecule has 0 spiro atoms. The smallest absolute Gasteiger partial charge is 0.385 e. The summed E-state index contributed by atoms with van der Waals surface area (Å²) in [5.74, 6) is -0.632. The highest BCUT2D eigenvalue weighted by molar-refractivity contribution is 7.90. The molecule has 1 aliphatic heterocycles. The van der Waals surface area contributed by atoms with E-state index in [9.17, 15) is 31.5 Å². The first kappa shape index (κ1) is 26.8. The lowest BCUT2D eigenvalue weighted by Gasteiger charge is -2.39. The number of rotatable bonds is 5. The largest absolute Gasteiger partial charge is 0.433 e. The van der Waals surface area contributed by atoms with Crippen LogP contribution in [0.25, 0.3) is 10.9 Å². The second-order valence-corrected chi connectivity index (χ2v) is 11.5. The number of carbonyl (C=O) groups excluding carboxylic acids is 1. The highest BCUT2D eigenvalue weighted by atomic mass is 32.2. The molecule has 0 saturated carbocycles. The van der Waals surface area contributed by atoms with Crippen LogP contribution in [-0.4, -0.2) is 47.4 Å². The molecule has 7 nitrogen and oxygen atoms in total. The Morgan fingerprint density at radius 1 is 0.923 bits per heavy atom. The fourth-order valence-corrected chi connectivity index (χ4v) is 6.44. The second-order valence-electron chi connectivity index (χ2n) is 9.51. The standard InChI is InChI=1S/C28H24F3N3O4S/c29-28(30,31)25-22(6-3-15-33-25)27(36)12-16-34(17-13-27)26(35)21-10-8-19(9-11-21)18-39(37,38)23-7-1-4-20-5-2-14-32-24(20)23/h1-11,14-15,36H,12-13,16-18H2. The summed E-state index contributed by atoms with van der Waals surface area (Å²) in [5.41, 5.74) is -1.99. The van der Waals surface area contributed by atoms with Gasteiger partial charge in [-0.05, 0) is 48.7 Å². The van der Waals surface area contributed by atoms with Gasteiger partial charge in [-0.1, -0.05) is 36.4 Å². The van der Waals surface area contributed by atoms with Crippen LogP contribution >= 0.6 is 0 Å². The third-order valence-electron chi connectivity index (χ3n) is 6.94. The predicted octanol–water partition coefficient (Wildman–Crippen LogP) is 4.75. The summed E-state index contributed by atoms with van der Waals surface area (Å²) in [6, 6.07) is 17.2. The zero-order valence-corrected chi connectivity index (χ0v) is 21.4. The number of aromatic nitrogens is 2. The van der Waals surface area contributed by atoms with Gasteiger partial charge in [-0.25, -0.2) is 8.42 Å². The van der Waals surface area contributed by atoms with E-state index in [4.69, 9.17) is 0 Å². The average molecular weight is 556 g/mol. The van der Waals surface area contributed by atoms with Gasteiger partial charge in [-0.15, -0.1) is 0 Å². The molecule has 202 valence electrons. The van der Waals surface area contributed by atoms with E-state index in [-0.39, 0.29) is 48.1 Å². The number of pyridine rings is 2. The van der Waals surface area contributed by atoms with Crippen LogP contribution in [0.1, 0.15) is 40.0 Å². The Morgan fingerprint density at radius 3 is 2.26 bits per heavy atom. The number of hydrogen-bond donors (Lipinski definition) is 1. The monoisotopic (exact) mass is 555 g/mol. The number of likely N-dealkylation sites (tertiary alicyclic amines) is 1. The van der Waals surface area contributed by atoms with Crippen LogP contribution in [-0.2, 0) is 27.4 Å². The molecule has 1 N–H and O–H groups in total. The lowest BCUT2D eigenvalue weighted by molar-refractivity contribution is -0.145. The predicted molar refractivity (Wildman–Crippen MR) is 137 cm³/mol. The molecule has 1 aliphatic rings. The second kappa shape index (κ2) is 10.0. The van der Waals surface area contributed by atoms with E-state index in [0.29, 0.717) is 22.0 Å². The molecule has 1 amide bonds. The van der Waals surface area contributed by atoms with Gasteiger partial charge in [0.15, 0.2) is 9.84 Å². The molecule has 3 heterocycles. The zero-order valence-electron chi connectivity index (χ0n) is 20.6. The summed E-state index contributed by atoms with van der Waals surface area (Å²) in [6.07, 6.45) is -2.30. The molecule has 1 fully saturated rings. The van der Waals surface area contributed by atoms with E-state index in [1.807, 2.05) is 0 Å². The van der Waals surface area contributed by atoms with Crippen molar-refractivity contribution >= 4 is 26.6 Å². The van der Waals surface area contributed by atoms with Gasteiger partial charge in [-0.2, -0.15) is 13.2 Å². The molecule has 1 saturated heterocycles. The van der Waals surface area contributed by atoms with Crippen LogP contribution in [0.5, 0.6) is 0 Å². The minimum atomic E-state index is -4.71. The van der Waals surface area contributed by atoms with Gasteiger partial charge in [0.1, 0.15) is 5.69 Å². The summed E-state index contributed by atoms with van der Waals surface area (Å²) < 4.78 is 66.5. The van der Waals surface area contributed by atoms with E-state index in [0.717, 1.165) is 6.20 Å². The highest BCUT2D eigenvalue weighted by Crippen LogP contribution is 2.40. The van der Waals surface area contributed by atoms with Gasteiger partial charge in [0.25, 0.3) is 5.91 Å². The molecule has 0 aliphatic carbocycles. The molecule has 0 bridgehead atoms. The first-order chi connectivity index (χ1) is 18.5. The first-order valence-electron chi connectivity index (χ1n) is 12.2. The SMILES string of the molecule is O=C(c1ccc(CS(=O)(=O)c2cccc3cccnc23)cc1)N1CCC(O)(c2cccnc2C(F)(F)F)CC1. The fourth-order valence-electron chi connectivity index (χ4n) is 4.91. The Balaban J connectivity index is 1.28. The molecule has 0 radical (unpaired) electrons. The van der Waals surface area contributed by atoms with Crippen LogP contribution < -0.4 is 0 Å². The number of para-hydroxylation sites is 1. The number of piperidine rings is 1. The van der Waals surface area contributed by atoms with Crippen LogP contribution in [0.15, 0.2) is 84.0 Å². The van der Waals surface area contributed by atoms with Crippen molar-refractivity contribution in [3.8, 4) is 0 Å². The van der Waals surface area contributed by atoms with Crippen molar-refractivity contribution in [1.82, 2.24) is 14.9 Å². The number of hydrogen-bond acceptors (Lipinski definition) is 6. The van der Waals surface area contributed by atoms with E-state index in [2.05, 4.69) is 9.97 Å². The molecule has 11 heteroatoms. The highest BCUT2D eigenvalue weighted by Gasteiger charge is 2.44. The molecule has 4 aromatic rings. The Labute approximate surface area is 222 Å². The molecular weight excluding hydrogens is 531 g/mol. The van der Waals surface area contributed by atoms with Gasteiger partial charge in [0.05, 0.1) is 21.8 Å². The third kappa shape index (κ3) is 5.37. The summed E-state index contributed by atoms with van der Waals surface area (Å²) in [5, 5.41) is 11.7. The van der Waals surface area contributed by atoms with Crippen molar-refractivity contribution in [2.24, 2.45) is 0 Å². The maximum Gasteiger partial charge on any atom is 0.433 e. The van der Waals surface area contributed by atoms with Crippen molar-refractivity contribution in [2.45, 2.75) is 35.3 Å². The Hall–Kier alpha value is -3.83. The van der Waals surface area contributed by atoms with Crippen molar-refractivity contribution in [3.63, 3.8) is 0 Å². The number of sulfone groups is 1. The molecule has 0 unspecified atom stereocenters. The van der Waals surface area contributed by atoms with E-state index >= 15 is 0 Å². The Bertz CT molecular complexity index is 1630. The van der Waals surface area contributed by atoms with E-state index in [1.54, 1.807) is 36.4 Å². The maximum atomic E-state index is 13.4. The summed E-state index contributed by atoms with van der Waals surface area (Å²) >= 11 is 0. The number of benzene rings is 2. The Morgan fingerprint density at radius 2 is 1.56 bits per heavy atom. The number of nitrogens with zero attached hydrogens (tertiary/aromatic N) is 3. The van der Waals surface area contributed by atoms with Crippen molar-refractivity contribution in [3.05, 3.63) is 102 Å². The van der Waals surface area contributed by atoms with Gasteiger partial charge >= 0.3 is 6.18 Å². The van der Waals surface area contributed by atoms with Crippen molar-refractivity contribution < 1.29 is 31.5 Å². The van der Waals surface area contributed by atoms with Crippen LogP contribution in [0, 0.1) is 0 Å². The molecule has 0 atom stereocenters. The number of amides is 1. The lowest BCUT2D eigenvalue weighted by Crippen LogP contribution is -2.46. The van der Waals surface area contributed by atoms with Crippen molar-refractivity contribution in [2.75, 3.05) is 13.1 Å². The average Bonchev–Trinajstić information content (AvgIpc) is 2.92. The molecular formula is C28H24F3N3O4S. The zero-order chi connectivity index (χ0) is 27.8. The van der Waals surface area contributed by atoms with Crippen molar-refractivity contribution in [1.29, 1.82) is 0 Å². The van der Waals surface area contributed by atoms with Gasteiger partial charge in [0.2, 0.25) is 0 Å². The maximum absolute atomic E-state index is 13.4.